The van der Waals surface area contributed by atoms with Crippen molar-refractivity contribution in [2.75, 3.05) is 6.54 Å². The van der Waals surface area contributed by atoms with Gasteiger partial charge in [0, 0.05) is 28.4 Å². The van der Waals surface area contributed by atoms with Crippen LogP contribution in [-0.2, 0) is 11.3 Å². The molecule has 0 aliphatic heterocycles. The number of carbonyl (C=O) groups is 1. The Balaban J connectivity index is 2.78. The smallest absolute Gasteiger partial charge is 0.304 e. The minimum Gasteiger partial charge on any atom is -0.481 e. The van der Waals surface area contributed by atoms with Crippen LogP contribution < -0.4 is 0 Å². The Morgan fingerprint density at radius 2 is 2.00 bits per heavy atom. The highest BCUT2D eigenvalue weighted by molar-refractivity contribution is 7.12. The van der Waals surface area contributed by atoms with Gasteiger partial charge < -0.3 is 5.11 Å². The molecular weight excluding hydrogens is 246 g/mol. The molecule has 0 amide bonds. The topological polar surface area (TPSA) is 40.5 Å². The molecule has 0 aliphatic rings. The predicted molar refractivity (Wildman–Crippen MR) is 76.2 cm³/mol. The molecule has 18 heavy (non-hydrogen) atoms. The van der Waals surface area contributed by atoms with E-state index in [4.69, 9.17) is 5.11 Å². The number of hydrogen-bond donors (Lipinski definition) is 1. The van der Waals surface area contributed by atoms with Crippen LogP contribution in [-0.4, -0.2) is 28.1 Å². The second-order valence-corrected chi connectivity index (χ2v) is 7.14. The van der Waals surface area contributed by atoms with Gasteiger partial charge in [-0.3, -0.25) is 9.69 Å². The number of nitrogens with zero attached hydrogens (tertiary/aromatic N) is 1. The lowest BCUT2D eigenvalue weighted by Crippen LogP contribution is -2.42. The molecule has 0 spiro atoms. The first-order valence-electron chi connectivity index (χ1n) is 6.23. The molecule has 0 aliphatic carbocycles. The fourth-order valence-corrected chi connectivity index (χ4v) is 2.87. The number of thiophene rings is 1. The largest absolute Gasteiger partial charge is 0.481 e. The Morgan fingerprint density at radius 3 is 2.39 bits per heavy atom. The summed E-state index contributed by atoms with van der Waals surface area (Å²) in [6.45, 7) is 12.0. The summed E-state index contributed by atoms with van der Waals surface area (Å²) < 4.78 is 0. The molecule has 1 aromatic rings. The van der Waals surface area contributed by atoms with Crippen LogP contribution in [0.4, 0.5) is 0 Å². The Hall–Kier alpha value is -0.870. The van der Waals surface area contributed by atoms with Gasteiger partial charge in [0.05, 0.1) is 6.42 Å². The molecule has 0 bridgehead atoms. The predicted octanol–water partition coefficient (Wildman–Crippen LogP) is 3.44. The monoisotopic (exact) mass is 269 g/mol. The molecule has 0 atom stereocenters. The third-order valence-corrected chi connectivity index (χ3v) is 4.06. The molecule has 1 rings (SSSR count). The summed E-state index contributed by atoms with van der Waals surface area (Å²) in [6.07, 6.45) is 0.194. The molecule has 1 heterocycles. The summed E-state index contributed by atoms with van der Waals surface area (Å²) in [4.78, 5) is 15.6. The van der Waals surface area contributed by atoms with E-state index >= 15 is 0 Å². The number of rotatable bonds is 5. The average molecular weight is 269 g/mol. The minimum atomic E-state index is -0.734. The summed E-state index contributed by atoms with van der Waals surface area (Å²) in [5, 5.41) is 8.83. The first-order valence-corrected chi connectivity index (χ1v) is 7.04. The zero-order valence-corrected chi connectivity index (χ0v) is 12.7. The SMILES string of the molecule is Cc1cc(CN(CCC(=O)O)C(C)(C)C)c(C)s1. The minimum absolute atomic E-state index is 0.0161. The standard InChI is InChI=1S/C14H23NO2S/c1-10-8-12(11(2)18-10)9-15(14(3,4)5)7-6-13(16)17/h8H,6-7,9H2,1-5H3,(H,16,17). The lowest BCUT2D eigenvalue weighted by Gasteiger charge is -2.35. The van der Waals surface area contributed by atoms with Crippen molar-refractivity contribution in [1.82, 2.24) is 4.90 Å². The average Bonchev–Trinajstić information content (AvgIpc) is 2.49. The van der Waals surface area contributed by atoms with Crippen molar-refractivity contribution in [2.45, 2.75) is 53.1 Å². The number of carboxylic acid groups (broad SMARTS) is 1. The molecular formula is C14H23NO2S. The van der Waals surface area contributed by atoms with Gasteiger partial charge in [-0.1, -0.05) is 0 Å². The summed E-state index contributed by atoms with van der Waals surface area (Å²) in [5.74, 6) is -0.734. The summed E-state index contributed by atoms with van der Waals surface area (Å²) in [5.41, 5.74) is 1.30. The van der Waals surface area contributed by atoms with E-state index in [-0.39, 0.29) is 12.0 Å². The third-order valence-electron chi connectivity index (χ3n) is 3.05. The maximum atomic E-state index is 10.7. The fraction of sp³-hybridized carbons (Fsp3) is 0.643. The maximum Gasteiger partial charge on any atom is 0.304 e. The first kappa shape index (κ1) is 15.2. The molecule has 4 heteroatoms. The van der Waals surface area contributed by atoms with Gasteiger partial charge in [-0.25, -0.2) is 0 Å². The van der Waals surface area contributed by atoms with Gasteiger partial charge in [-0.15, -0.1) is 11.3 Å². The Labute approximate surface area is 113 Å². The van der Waals surface area contributed by atoms with E-state index in [1.807, 2.05) is 0 Å². The molecule has 0 fully saturated rings. The van der Waals surface area contributed by atoms with Crippen molar-refractivity contribution in [3.05, 3.63) is 21.4 Å². The lowest BCUT2D eigenvalue weighted by molar-refractivity contribution is -0.137. The molecule has 0 saturated heterocycles. The molecule has 102 valence electrons. The Kier molecular flexibility index (Phi) is 4.93. The quantitative estimate of drug-likeness (QED) is 0.890. The van der Waals surface area contributed by atoms with Crippen LogP contribution in [0.2, 0.25) is 0 Å². The van der Waals surface area contributed by atoms with Gasteiger partial charge in [0.15, 0.2) is 0 Å². The molecule has 0 unspecified atom stereocenters. The van der Waals surface area contributed by atoms with E-state index in [0.29, 0.717) is 6.54 Å². The van der Waals surface area contributed by atoms with E-state index < -0.39 is 5.97 Å². The normalized spacial score (nSPS) is 12.1. The molecule has 0 aromatic carbocycles. The summed E-state index contributed by atoms with van der Waals surface area (Å²) >= 11 is 1.80. The molecule has 0 saturated carbocycles. The van der Waals surface area contributed by atoms with Crippen LogP contribution in [0.3, 0.4) is 0 Å². The van der Waals surface area contributed by atoms with Gasteiger partial charge in [0.25, 0.3) is 0 Å². The number of aryl methyl sites for hydroxylation is 2. The number of carboxylic acids is 1. The van der Waals surface area contributed by atoms with Crippen molar-refractivity contribution in [3.8, 4) is 0 Å². The maximum absolute atomic E-state index is 10.7. The van der Waals surface area contributed by atoms with E-state index in [9.17, 15) is 4.79 Å². The van der Waals surface area contributed by atoms with Crippen LogP contribution in [0.5, 0.6) is 0 Å². The number of hydrogen-bond acceptors (Lipinski definition) is 3. The van der Waals surface area contributed by atoms with E-state index in [0.717, 1.165) is 6.54 Å². The zero-order valence-electron chi connectivity index (χ0n) is 11.9. The molecule has 1 aromatic heterocycles. The van der Waals surface area contributed by atoms with Gasteiger partial charge in [0.2, 0.25) is 0 Å². The van der Waals surface area contributed by atoms with Crippen molar-refractivity contribution >= 4 is 17.3 Å². The van der Waals surface area contributed by atoms with E-state index in [2.05, 4.69) is 45.6 Å². The van der Waals surface area contributed by atoms with Crippen LogP contribution >= 0.6 is 11.3 Å². The second-order valence-electron chi connectivity index (χ2n) is 5.67. The lowest BCUT2D eigenvalue weighted by atomic mass is 10.0. The molecule has 0 radical (unpaired) electrons. The van der Waals surface area contributed by atoms with Crippen molar-refractivity contribution in [2.24, 2.45) is 0 Å². The fourth-order valence-electron chi connectivity index (χ4n) is 1.93. The number of aliphatic carboxylic acids is 1. The van der Waals surface area contributed by atoms with Crippen LogP contribution in [0, 0.1) is 13.8 Å². The second kappa shape index (κ2) is 5.85. The Morgan fingerprint density at radius 1 is 1.39 bits per heavy atom. The van der Waals surface area contributed by atoms with Crippen LogP contribution in [0.1, 0.15) is 42.5 Å². The summed E-state index contributed by atoms with van der Waals surface area (Å²) in [7, 11) is 0. The van der Waals surface area contributed by atoms with E-state index in [1.165, 1.54) is 15.3 Å². The van der Waals surface area contributed by atoms with E-state index in [1.54, 1.807) is 11.3 Å². The zero-order chi connectivity index (χ0) is 13.9. The summed E-state index contributed by atoms with van der Waals surface area (Å²) in [6, 6.07) is 2.21. The van der Waals surface area contributed by atoms with Crippen molar-refractivity contribution in [1.29, 1.82) is 0 Å². The van der Waals surface area contributed by atoms with Crippen molar-refractivity contribution in [3.63, 3.8) is 0 Å². The van der Waals surface area contributed by atoms with Crippen LogP contribution in [0.15, 0.2) is 6.07 Å². The van der Waals surface area contributed by atoms with Gasteiger partial charge in [0.1, 0.15) is 0 Å². The highest BCUT2D eigenvalue weighted by atomic mass is 32.1. The first-order chi connectivity index (χ1) is 8.20. The Bertz CT molecular complexity index is 418. The third kappa shape index (κ3) is 4.42. The molecule has 1 N–H and O–H groups in total. The van der Waals surface area contributed by atoms with Crippen LogP contribution in [0.25, 0.3) is 0 Å². The van der Waals surface area contributed by atoms with Gasteiger partial charge in [-0.2, -0.15) is 0 Å². The highest BCUT2D eigenvalue weighted by Crippen LogP contribution is 2.25. The molecule has 3 nitrogen and oxygen atoms in total. The van der Waals surface area contributed by atoms with Gasteiger partial charge >= 0.3 is 5.97 Å². The van der Waals surface area contributed by atoms with Crippen molar-refractivity contribution < 1.29 is 9.90 Å². The van der Waals surface area contributed by atoms with Gasteiger partial charge in [-0.05, 0) is 46.2 Å². The highest BCUT2D eigenvalue weighted by Gasteiger charge is 2.22.